The van der Waals surface area contributed by atoms with Crippen molar-refractivity contribution in [3.63, 3.8) is 0 Å². The van der Waals surface area contributed by atoms with E-state index >= 15 is 0 Å². The Bertz CT molecular complexity index is 993. The van der Waals surface area contributed by atoms with Gasteiger partial charge in [-0.3, -0.25) is 4.79 Å². The molecule has 0 bridgehead atoms. The molecule has 0 atom stereocenters. The van der Waals surface area contributed by atoms with Gasteiger partial charge in [-0.1, -0.05) is 84.9 Å². The fourth-order valence-corrected chi connectivity index (χ4v) is 3.00. The monoisotopic (exact) mass is 456 g/mol. The van der Waals surface area contributed by atoms with Gasteiger partial charge in [0.25, 0.3) is 0 Å². The summed E-state index contributed by atoms with van der Waals surface area (Å²) in [5, 5.41) is 17.8. The average Bonchev–Trinajstić information content (AvgIpc) is 2.88. The molecule has 0 fully saturated rings. The molecule has 0 aliphatic carbocycles. The minimum atomic E-state index is 0.0752. The molecular formula is C29H32N2O3. The van der Waals surface area contributed by atoms with Gasteiger partial charge in [0, 0.05) is 11.1 Å². The number of rotatable bonds is 6. The number of carbonyl (C=O) groups excluding carboxylic acids is 1. The van der Waals surface area contributed by atoms with Crippen molar-refractivity contribution >= 4 is 5.78 Å². The molecule has 0 heterocycles. The van der Waals surface area contributed by atoms with Crippen LogP contribution >= 0.6 is 0 Å². The maximum absolute atomic E-state index is 11.8. The van der Waals surface area contributed by atoms with Crippen molar-refractivity contribution in [2.24, 2.45) is 11.5 Å². The van der Waals surface area contributed by atoms with Crippen molar-refractivity contribution in [3.8, 4) is 11.5 Å². The Balaban J connectivity index is 0.000000185. The first kappa shape index (κ1) is 26.3. The van der Waals surface area contributed by atoms with Crippen molar-refractivity contribution in [2.45, 2.75) is 12.8 Å². The number of phenols is 2. The maximum atomic E-state index is 11.8. The van der Waals surface area contributed by atoms with E-state index in [-0.39, 0.29) is 5.78 Å². The number of phenolic OH excluding ortho intramolecular Hbond substituents is 2. The molecule has 176 valence electrons. The van der Waals surface area contributed by atoms with Crippen molar-refractivity contribution in [2.75, 3.05) is 13.1 Å². The minimum Gasteiger partial charge on any atom is -0.508 e. The number of hydrogen-bond acceptors (Lipinski definition) is 5. The van der Waals surface area contributed by atoms with Crippen LogP contribution in [0.4, 0.5) is 0 Å². The van der Waals surface area contributed by atoms with Gasteiger partial charge in [-0.05, 0) is 61.3 Å². The van der Waals surface area contributed by atoms with Crippen molar-refractivity contribution in [1.82, 2.24) is 0 Å². The van der Waals surface area contributed by atoms with Crippen LogP contribution in [0, 0.1) is 0 Å². The quantitative estimate of drug-likeness (QED) is 0.314. The van der Waals surface area contributed by atoms with E-state index in [1.54, 1.807) is 24.3 Å². The van der Waals surface area contributed by atoms with Crippen LogP contribution in [0.2, 0.25) is 0 Å². The lowest BCUT2D eigenvalue weighted by atomic mass is 10.0. The second-order valence-corrected chi connectivity index (χ2v) is 7.47. The lowest BCUT2D eigenvalue weighted by molar-refractivity contribution is 0.103. The third-order valence-corrected chi connectivity index (χ3v) is 4.81. The average molecular weight is 457 g/mol. The summed E-state index contributed by atoms with van der Waals surface area (Å²) in [7, 11) is 0. The topological polar surface area (TPSA) is 110 Å². The van der Waals surface area contributed by atoms with Gasteiger partial charge in [0.05, 0.1) is 0 Å². The summed E-state index contributed by atoms with van der Waals surface area (Å²) in [6, 6.07) is 32.8. The van der Waals surface area contributed by atoms with E-state index in [0.717, 1.165) is 24.0 Å². The van der Waals surface area contributed by atoms with Crippen LogP contribution < -0.4 is 11.5 Å². The highest BCUT2D eigenvalue weighted by Gasteiger charge is 2.06. The van der Waals surface area contributed by atoms with Gasteiger partial charge in [-0.15, -0.1) is 0 Å². The van der Waals surface area contributed by atoms with Gasteiger partial charge in [0.1, 0.15) is 11.5 Å². The first-order valence-corrected chi connectivity index (χ1v) is 11.1. The Morgan fingerprint density at radius 2 is 0.853 bits per heavy atom. The number of carbonyl (C=O) groups is 1. The third kappa shape index (κ3) is 9.69. The Labute approximate surface area is 201 Å². The van der Waals surface area contributed by atoms with Crippen LogP contribution in [0.15, 0.2) is 109 Å². The summed E-state index contributed by atoms with van der Waals surface area (Å²) in [5.41, 5.74) is 14.5. The predicted octanol–water partition coefficient (Wildman–Crippen LogP) is 4.70. The molecule has 34 heavy (non-hydrogen) atoms. The smallest absolute Gasteiger partial charge is 0.193 e. The molecule has 0 aliphatic heterocycles. The number of aromatic hydroxyl groups is 2. The van der Waals surface area contributed by atoms with E-state index in [1.807, 2.05) is 84.9 Å². The normalized spacial score (nSPS) is 9.71. The molecule has 0 aliphatic rings. The fourth-order valence-electron chi connectivity index (χ4n) is 3.00. The summed E-state index contributed by atoms with van der Waals surface area (Å²) in [6.07, 6.45) is 1.75. The van der Waals surface area contributed by atoms with E-state index in [2.05, 4.69) is 0 Å². The second kappa shape index (κ2) is 15.0. The summed E-state index contributed by atoms with van der Waals surface area (Å²) >= 11 is 0. The van der Waals surface area contributed by atoms with Gasteiger partial charge in [0.2, 0.25) is 0 Å². The number of benzene rings is 4. The van der Waals surface area contributed by atoms with Gasteiger partial charge in [-0.25, -0.2) is 0 Å². The van der Waals surface area contributed by atoms with Gasteiger partial charge >= 0.3 is 0 Å². The zero-order valence-corrected chi connectivity index (χ0v) is 19.2. The highest BCUT2D eigenvalue weighted by atomic mass is 16.3. The van der Waals surface area contributed by atoms with E-state index in [0.29, 0.717) is 24.6 Å². The molecule has 0 saturated carbocycles. The van der Waals surface area contributed by atoms with E-state index in [1.165, 1.54) is 11.1 Å². The largest absolute Gasteiger partial charge is 0.508 e. The van der Waals surface area contributed by atoms with E-state index < -0.39 is 0 Å². The Kier molecular flexibility index (Phi) is 11.6. The zero-order valence-electron chi connectivity index (χ0n) is 19.2. The first-order chi connectivity index (χ1) is 16.5. The molecule has 0 saturated heterocycles. The molecule has 0 aromatic heterocycles. The lowest BCUT2D eigenvalue weighted by Gasteiger charge is -1.99. The van der Waals surface area contributed by atoms with Crippen molar-refractivity contribution in [3.05, 3.63) is 131 Å². The van der Waals surface area contributed by atoms with Crippen molar-refractivity contribution < 1.29 is 15.0 Å². The zero-order chi connectivity index (χ0) is 24.6. The molecular weight excluding hydrogens is 424 g/mol. The SMILES string of the molecule is NCCc1ccc(O)cc1.NCCc1ccc(O)cc1.O=C(c1ccccc1)c1ccccc1. The Hall–Kier alpha value is -3.93. The highest BCUT2D eigenvalue weighted by molar-refractivity contribution is 6.08. The Morgan fingerprint density at radius 3 is 1.15 bits per heavy atom. The first-order valence-electron chi connectivity index (χ1n) is 11.1. The molecule has 0 unspecified atom stereocenters. The summed E-state index contributed by atoms with van der Waals surface area (Å²) < 4.78 is 0. The summed E-state index contributed by atoms with van der Waals surface area (Å²) in [4.78, 5) is 11.8. The predicted molar refractivity (Wildman–Crippen MR) is 138 cm³/mol. The molecule has 0 spiro atoms. The molecule has 0 amide bonds. The number of ketones is 1. The second-order valence-electron chi connectivity index (χ2n) is 7.47. The molecule has 4 aromatic carbocycles. The lowest BCUT2D eigenvalue weighted by Crippen LogP contribution is -2.01. The molecule has 4 aromatic rings. The van der Waals surface area contributed by atoms with Crippen LogP contribution in [-0.4, -0.2) is 29.1 Å². The Morgan fingerprint density at radius 1 is 0.529 bits per heavy atom. The molecule has 5 nitrogen and oxygen atoms in total. The molecule has 5 heteroatoms. The summed E-state index contributed by atoms with van der Waals surface area (Å²) in [5.74, 6) is 0.688. The van der Waals surface area contributed by atoms with E-state index in [9.17, 15) is 4.79 Å². The third-order valence-electron chi connectivity index (χ3n) is 4.81. The maximum Gasteiger partial charge on any atom is 0.193 e. The molecule has 6 N–H and O–H groups in total. The van der Waals surface area contributed by atoms with Crippen LogP contribution in [0.5, 0.6) is 11.5 Å². The summed E-state index contributed by atoms with van der Waals surface area (Å²) in [6.45, 7) is 1.32. The van der Waals surface area contributed by atoms with Gasteiger partial charge < -0.3 is 21.7 Å². The van der Waals surface area contributed by atoms with Gasteiger partial charge in [-0.2, -0.15) is 0 Å². The molecule has 0 radical (unpaired) electrons. The van der Waals surface area contributed by atoms with E-state index in [4.69, 9.17) is 21.7 Å². The fraction of sp³-hybridized carbons (Fsp3) is 0.138. The number of hydrogen-bond donors (Lipinski definition) is 4. The van der Waals surface area contributed by atoms with Gasteiger partial charge in [0.15, 0.2) is 5.78 Å². The van der Waals surface area contributed by atoms with Crippen LogP contribution in [0.25, 0.3) is 0 Å². The van der Waals surface area contributed by atoms with Crippen LogP contribution in [0.3, 0.4) is 0 Å². The molecule has 4 rings (SSSR count). The standard InChI is InChI=1S/C13H10O.2C8H11NO/c14-13(11-7-3-1-4-8-11)12-9-5-2-6-10-12;2*9-6-5-7-1-3-8(10)4-2-7/h1-10H;2*1-4,10H,5-6,9H2. The van der Waals surface area contributed by atoms with Crippen LogP contribution in [0.1, 0.15) is 27.0 Å². The minimum absolute atomic E-state index is 0.0752. The van der Waals surface area contributed by atoms with Crippen LogP contribution in [-0.2, 0) is 12.8 Å². The number of nitrogens with two attached hydrogens (primary N) is 2. The highest BCUT2D eigenvalue weighted by Crippen LogP contribution is 2.10. The van der Waals surface area contributed by atoms with Crippen molar-refractivity contribution in [1.29, 1.82) is 0 Å².